The van der Waals surface area contributed by atoms with E-state index in [2.05, 4.69) is 6.92 Å². The van der Waals surface area contributed by atoms with Crippen LogP contribution in [0.25, 0.3) is 0 Å². The molecule has 1 N–H and O–H groups in total. The van der Waals surface area contributed by atoms with Crippen molar-refractivity contribution in [3.05, 3.63) is 23.0 Å². The number of carbonyl (C=O) groups is 1. The summed E-state index contributed by atoms with van der Waals surface area (Å²) in [5, 5.41) is 10.8. The third kappa shape index (κ3) is 2.65. The topological polar surface area (TPSA) is 45.5 Å². The lowest BCUT2D eigenvalue weighted by Gasteiger charge is -2.49. The van der Waals surface area contributed by atoms with Gasteiger partial charge in [0.1, 0.15) is 11.3 Å². The molecule has 1 saturated heterocycles. The van der Waals surface area contributed by atoms with Crippen molar-refractivity contribution < 1.29 is 9.90 Å². The maximum Gasteiger partial charge on any atom is 0.270 e. The molecule has 0 radical (unpaired) electrons. The van der Waals surface area contributed by atoms with E-state index < -0.39 is 5.60 Å². The number of amides is 1. The fourth-order valence-electron chi connectivity index (χ4n) is 2.37. The molecule has 1 aliphatic heterocycles. The molecule has 0 aromatic carbocycles. The number of hydrogen-bond acceptors (Lipinski definition) is 2. The molecule has 19 heavy (non-hydrogen) atoms. The summed E-state index contributed by atoms with van der Waals surface area (Å²) in [6.45, 7) is 7.58. The molecule has 1 aromatic rings. The van der Waals surface area contributed by atoms with Crippen LogP contribution in [0.15, 0.2) is 12.3 Å². The third-order valence-electron chi connectivity index (χ3n) is 3.84. The fourth-order valence-corrected chi connectivity index (χ4v) is 2.59. The van der Waals surface area contributed by atoms with E-state index in [1.165, 1.54) is 0 Å². The zero-order valence-electron chi connectivity index (χ0n) is 11.7. The molecule has 1 aromatic heterocycles. The highest BCUT2D eigenvalue weighted by Crippen LogP contribution is 2.30. The Balaban J connectivity index is 2.10. The van der Waals surface area contributed by atoms with E-state index in [9.17, 15) is 9.90 Å². The summed E-state index contributed by atoms with van der Waals surface area (Å²) in [6.07, 6.45) is 2.73. The maximum absolute atomic E-state index is 12.4. The van der Waals surface area contributed by atoms with E-state index in [1.54, 1.807) is 17.2 Å². The number of aliphatic hydroxyl groups is 1. The van der Waals surface area contributed by atoms with Crippen molar-refractivity contribution in [3.8, 4) is 0 Å². The van der Waals surface area contributed by atoms with Crippen LogP contribution in [0.5, 0.6) is 0 Å². The highest BCUT2D eigenvalue weighted by molar-refractivity contribution is 6.31. The van der Waals surface area contributed by atoms with Gasteiger partial charge in [-0.3, -0.25) is 4.79 Å². The van der Waals surface area contributed by atoms with Crippen LogP contribution in [0.2, 0.25) is 5.02 Å². The summed E-state index contributed by atoms with van der Waals surface area (Å²) < 4.78 is 1.89. The van der Waals surface area contributed by atoms with E-state index in [0.29, 0.717) is 23.8 Å². The van der Waals surface area contributed by atoms with Crippen molar-refractivity contribution in [1.82, 2.24) is 9.47 Å². The van der Waals surface area contributed by atoms with Gasteiger partial charge < -0.3 is 14.6 Å². The first kappa shape index (κ1) is 14.4. The number of nitrogens with zero attached hydrogens (tertiary/aromatic N) is 2. The zero-order valence-corrected chi connectivity index (χ0v) is 12.4. The number of rotatable bonds is 4. The van der Waals surface area contributed by atoms with Gasteiger partial charge in [-0.15, -0.1) is 0 Å². The van der Waals surface area contributed by atoms with Gasteiger partial charge in [0.05, 0.1) is 18.1 Å². The van der Waals surface area contributed by atoms with Crippen LogP contribution < -0.4 is 0 Å². The van der Waals surface area contributed by atoms with Crippen LogP contribution in [-0.2, 0) is 6.54 Å². The Hall–Kier alpha value is -1.00. The average Bonchev–Trinajstić information content (AvgIpc) is 2.65. The normalized spacial score (nSPS) is 17.7. The van der Waals surface area contributed by atoms with Crippen LogP contribution in [0.1, 0.15) is 37.7 Å². The molecule has 1 amide bonds. The Bertz CT molecular complexity index is 476. The summed E-state index contributed by atoms with van der Waals surface area (Å²) in [6, 6.07) is 1.70. The molecule has 106 valence electrons. The minimum Gasteiger partial charge on any atom is -0.386 e. The molecule has 0 bridgehead atoms. The molecule has 2 heterocycles. The molecule has 0 saturated carbocycles. The van der Waals surface area contributed by atoms with Crippen LogP contribution in [0.4, 0.5) is 0 Å². The Kier molecular flexibility index (Phi) is 3.92. The molecule has 1 aliphatic rings. The number of β-amino-alcohol motifs (C(OH)–C–C–N with tert-alkyl or cyclic N) is 1. The molecular weight excluding hydrogens is 264 g/mol. The van der Waals surface area contributed by atoms with E-state index in [-0.39, 0.29) is 11.8 Å². The number of aromatic nitrogens is 1. The lowest BCUT2D eigenvalue weighted by Crippen LogP contribution is -2.66. The Morgan fingerprint density at radius 1 is 1.53 bits per heavy atom. The lowest BCUT2D eigenvalue weighted by molar-refractivity contribution is -0.111. The van der Waals surface area contributed by atoms with Crippen molar-refractivity contribution in [3.63, 3.8) is 0 Å². The largest absolute Gasteiger partial charge is 0.386 e. The van der Waals surface area contributed by atoms with Crippen LogP contribution in [0.3, 0.4) is 0 Å². The van der Waals surface area contributed by atoms with E-state index in [4.69, 9.17) is 11.6 Å². The SMILES string of the molecule is CCCn1cc(Cl)cc1C(=O)N1CC(O)(C(C)C)C1. The number of aryl methyl sites for hydroxylation is 1. The van der Waals surface area contributed by atoms with Crippen molar-refractivity contribution in [2.75, 3.05) is 13.1 Å². The summed E-state index contributed by atoms with van der Waals surface area (Å²) in [5.41, 5.74) is -0.126. The van der Waals surface area contributed by atoms with E-state index in [1.807, 2.05) is 18.4 Å². The lowest BCUT2D eigenvalue weighted by atomic mass is 9.83. The molecule has 0 atom stereocenters. The molecule has 2 rings (SSSR count). The maximum atomic E-state index is 12.4. The fraction of sp³-hybridized carbons (Fsp3) is 0.643. The van der Waals surface area contributed by atoms with Crippen LogP contribution in [0, 0.1) is 5.92 Å². The second-order valence-electron chi connectivity index (χ2n) is 5.66. The van der Waals surface area contributed by atoms with Gasteiger partial charge in [0.15, 0.2) is 0 Å². The van der Waals surface area contributed by atoms with Gasteiger partial charge in [0, 0.05) is 12.7 Å². The molecular formula is C14H21ClN2O2. The standard InChI is InChI=1S/C14H21ClN2O2/c1-4-5-16-7-11(15)6-12(16)13(18)17-8-14(19,9-17)10(2)3/h6-7,10,19H,4-5,8-9H2,1-3H3. The third-order valence-corrected chi connectivity index (χ3v) is 4.04. The van der Waals surface area contributed by atoms with Crippen molar-refractivity contribution in [1.29, 1.82) is 0 Å². The van der Waals surface area contributed by atoms with Crippen LogP contribution >= 0.6 is 11.6 Å². The minimum absolute atomic E-state index is 0.0503. The predicted octanol–water partition coefficient (Wildman–Crippen LogP) is 2.39. The average molecular weight is 285 g/mol. The molecule has 4 nitrogen and oxygen atoms in total. The van der Waals surface area contributed by atoms with Gasteiger partial charge in [-0.25, -0.2) is 0 Å². The first-order valence-corrected chi connectivity index (χ1v) is 7.12. The molecule has 1 fully saturated rings. The predicted molar refractivity (Wildman–Crippen MR) is 75.4 cm³/mol. The summed E-state index contributed by atoms with van der Waals surface area (Å²) >= 11 is 5.98. The summed E-state index contributed by atoms with van der Waals surface area (Å²) in [4.78, 5) is 14.1. The summed E-state index contributed by atoms with van der Waals surface area (Å²) in [7, 11) is 0. The van der Waals surface area contributed by atoms with Crippen molar-refractivity contribution in [2.24, 2.45) is 5.92 Å². The number of carbonyl (C=O) groups excluding carboxylic acids is 1. The van der Waals surface area contributed by atoms with E-state index in [0.717, 1.165) is 13.0 Å². The molecule has 5 heteroatoms. The molecule has 0 unspecified atom stereocenters. The highest BCUT2D eigenvalue weighted by atomic mass is 35.5. The van der Waals surface area contributed by atoms with Crippen molar-refractivity contribution >= 4 is 17.5 Å². The number of likely N-dealkylation sites (tertiary alicyclic amines) is 1. The van der Waals surface area contributed by atoms with Gasteiger partial charge in [0.25, 0.3) is 5.91 Å². The Labute approximate surface area is 119 Å². The number of halogens is 1. The minimum atomic E-state index is -0.734. The first-order chi connectivity index (χ1) is 8.87. The second-order valence-corrected chi connectivity index (χ2v) is 6.09. The zero-order chi connectivity index (χ0) is 14.2. The van der Waals surface area contributed by atoms with E-state index >= 15 is 0 Å². The Morgan fingerprint density at radius 2 is 2.16 bits per heavy atom. The monoisotopic (exact) mass is 284 g/mol. The van der Waals surface area contributed by atoms with Gasteiger partial charge in [0.2, 0.25) is 0 Å². The number of hydrogen-bond donors (Lipinski definition) is 1. The Morgan fingerprint density at radius 3 is 2.68 bits per heavy atom. The molecule has 0 aliphatic carbocycles. The quantitative estimate of drug-likeness (QED) is 0.923. The summed E-state index contributed by atoms with van der Waals surface area (Å²) in [5.74, 6) is 0.105. The van der Waals surface area contributed by atoms with Gasteiger partial charge in [-0.1, -0.05) is 32.4 Å². The molecule has 0 spiro atoms. The van der Waals surface area contributed by atoms with Crippen molar-refractivity contribution in [2.45, 2.75) is 39.3 Å². The van der Waals surface area contributed by atoms with Gasteiger partial charge >= 0.3 is 0 Å². The smallest absolute Gasteiger partial charge is 0.270 e. The first-order valence-electron chi connectivity index (χ1n) is 6.74. The second kappa shape index (κ2) is 5.17. The van der Waals surface area contributed by atoms with Gasteiger partial charge in [-0.2, -0.15) is 0 Å². The highest BCUT2D eigenvalue weighted by Gasteiger charge is 2.46. The van der Waals surface area contributed by atoms with Gasteiger partial charge in [-0.05, 0) is 18.4 Å². The van der Waals surface area contributed by atoms with Crippen LogP contribution in [-0.4, -0.2) is 39.2 Å².